The van der Waals surface area contributed by atoms with E-state index < -0.39 is 5.97 Å². The number of benzene rings is 2. The Morgan fingerprint density at radius 1 is 1.00 bits per heavy atom. The fraction of sp³-hybridized carbons (Fsp3) is 0.375. The Hall–Kier alpha value is -3.15. The minimum absolute atomic E-state index is 0.109. The third-order valence-electron chi connectivity index (χ3n) is 6.00. The van der Waals surface area contributed by atoms with E-state index in [1.54, 1.807) is 55.6 Å². The molecule has 1 saturated carbocycles. The van der Waals surface area contributed by atoms with Crippen molar-refractivity contribution in [3.05, 3.63) is 54.1 Å². The van der Waals surface area contributed by atoms with Crippen LogP contribution >= 0.6 is 0 Å². The average molecular weight is 407 g/mol. The van der Waals surface area contributed by atoms with Gasteiger partial charge in [0.1, 0.15) is 11.5 Å². The smallest absolute Gasteiger partial charge is 0.315 e. The highest BCUT2D eigenvalue weighted by Gasteiger charge is 2.50. The van der Waals surface area contributed by atoms with Crippen LogP contribution in [-0.2, 0) is 20.8 Å². The number of nitrogens with zero attached hydrogens (tertiary/aromatic N) is 1. The zero-order valence-electron chi connectivity index (χ0n) is 17.2. The fourth-order valence-electron chi connectivity index (χ4n) is 4.41. The summed E-state index contributed by atoms with van der Waals surface area (Å²) in [4.78, 5) is 39.4. The number of imide groups is 1. The van der Waals surface area contributed by atoms with E-state index in [1.807, 2.05) is 0 Å². The molecule has 3 unspecified atom stereocenters. The molecule has 4 rings (SSSR count). The van der Waals surface area contributed by atoms with E-state index in [1.165, 1.54) is 4.90 Å². The summed E-state index contributed by atoms with van der Waals surface area (Å²) in [5.41, 5.74) is 1.27. The molecule has 3 atom stereocenters. The maximum atomic E-state index is 12.9. The standard InChI is InChI=1S/C24H25NO5/c1-15-6-11-20-21(12-15)24(28)25(23(20)27)17-4-3-5-19(14-17)30-22(26)13-16-7-9-18(29-2)10-8-16/h3-5,7-10,14-15,20-21H,6,11-13H2,1-2H3. The van der Waals surface area contributed by atoms with Gasteiger partial charge in [-0.25, -0.2) is 4.90 Å². The highest BCUT2D eigenvalue weighted by atomic mass is 16.5. The number of esters is 1. The van der Waals surface area contributed by atoms with Gasteiger partial charge in [0.25, 0.3) is 0 Å². The molecule has 1 aliphatic heterocycles. The Morgan fingerprint density at radius 3 is 2.47 bits per heavy atom. The first-order chi connectivity index (χ1) is 14.5. The topological polar surface area (TPSA) is 72.9 Å². The number of carbonyl (C=O) groups is 3. The number of anilines is 1. The van der Waals surface area contributed by atoms with Crippen LogP contribution in [0, 0.1) is 17.8 Å². The molecule has 30 heavy (non-hydrogen) atoms. The highest BCUT2D eigenvalue weighted by molar-refractivity contribution is 6.22. The van der Waals surface area contributed by atoms with E-state index >= 15 is 0 Å². The van der Waals surface area contributed by atoms with Gasteiger partial charge in [0.15, 0.2) is 0 Å². The quantitative estimate of drug-likeness (QED) is 0.429. The summed E-state index contributed by atoms with van der Waals surface area (Å²) in [6, 6.07) is 13.8. The van der Waals surface area contributed by atoms with E-state index in [9.17, 15) is 14.4 Å². The molecule has 2 fully saturated rings. The summed E-state index contributed by atoms with van der Waals surface area (Å²) in [5.74, 6) is 0.325. The summed E-state index contributed by atoms with van der Waals surface area (Å²) in [6.45, 7) is 2.12. The second-order valence-electron chi connectivity index (χ2n) is 8.14. The van der Waals surface area contributed by atoms with Crippen LogP contribution in [0.15, 0.2) is 48.5 Å². The van der Waals surface area contributed by atoms with Gasteiger partial charge >= 0.3 is 5.97 Å². The molecule has 0 N–H and O–H groups in total. The molecule has 156 valence electrons. The maximum absolute atomic E-state index is 12.9. The number of hydrogen-bond donors (Lipinski definition) is 0. The van der Waals surface area contributed by atoms with Crippen molar-refractivity contribution in [1.82, 2.24) is 0 Å². The summed E-state index contributed by atoms with van der Waals surface area (Å²) >= 11 is 0. The van der Waals surface area contributed by atoms with Gasteiger partial charge in [-0.15, -0.1) is 0 Å². The Bertz CT molecular complexity index is 968. The minimum Gasteiger partial charge on any atom is -0.497 e. The Morgan fingerprint density at radius 2 is 1.73 bits per heavy atom. The predicted octanol–water partition coefficient (Wildman–Crippen LogP) is 3.77. The number of fused-ring (bicyclic) bond motifs is 1. The molecule has 2 aliphatic rings. The number of amides is 2. The SMILES string of the molecule is COc1ccc(CC(=O)Oc2cccc(N3C(=O)C4CCC(C)CC4C3=O)c2)cc1. The molecule has 1 saturated heterocycles. The second kappa shape index (κ2) is 8.30. The number of methoxy groups -OCH3 is 1. The minimum atomic E-state index is -0.418. The third-order valence-corrected chi connectivity index (χ3v) is 6.00. The van der Waals surface area contributed by atoms with Gasteiger partial charge in [0, 0.05) is 6.07 Å². The van der Waals surface area contributed by atoms with Crippen molar-refractivity contribution >= 4 is 23.5 Å². The second-order valence-corrected chi connectivity index (χ2v) is 8.14. The first-order valence-electron chi connectivity index (χ1n) is 10.3. The van der Waals surface area contributed by atoms with Crippen molar-refractivity contribution in [3.8, 4) is 11.5 Å². The van der Waals surface area contributed by atoms with E-state index in [0.29, 0.717) is 17.4 Å². The van der Waals surface area contributed by atoms with Crippen molar-refractivity contribution < 1.29 is 23.9 Å². The monoisotopic (exact) mass is 407 g/mol. The Balaban J connectivity index is 1.46. The van der Waals surface area contributed by atoms with Crippen LogP contribution in [0.2, 0.25) is 0 Å². The fourth-order valence-corrected chi connectivity index (χ4v) is 4.41. The highest BCUT2D eigenvalue weighted by Crippen LogP contribution is 2.42. The van der Waals surface area contributed by atoms with Crippen molar-refractivity contribution in [1.29, 1.82) is 0 Å². The van der Waals surface area contributed by atoms with E-state index in [0.717, 1.165) is 30.6 Å². The molecule has 0 radical (unpaired) electrons. The number of ether oxygens (including phenoxy) is 2. The van der Waals surface area contributed by atoms with E-state index in [4.69, 9.17) is 9.47 Å². The first kappa shape index (κ1) is 20.1. The molecule has 1 heterocycles. The number of carbonyl (C=O) groups excluding carboxylic acids is 3. The Kier molecular flexibility index (Phi) is 5.57. The van der Waals surface area contributed by atoms with Gasteiger partial charge in [-0.1, -0.05) is 25.1 Å². The predicted molar refractivity (Wildman–Crippen MR) is 111 cm³/mol. The molecule has 0 spiro atoms. The number of hydrogen-bond acceptors (Lipinski definition) is 5. The lowest BCUT2D eigenvalue weighted by Crippen LogP contribution is -2.30. The lowest BCUT2D eigenvalue weighted by molar-refractivity contribution is -0.133. The van der Waals surface area contributed by atoms with Crippen LogP contribution in [0.3, 0.4) is 0 Å². The molecule has 6 nitrogen and oxygen atoms in total. The maximum Gasteiger partial charge on any atom is 0.315 e. The van der Waals surface area contributed by atoms with Crippen LogP contribution in [0.25, 0.3) is 0 Å². The van der Waals surface area contributed by atoms with Gasteiger partial charge in [-0.3, -0.25) is 14.4 Å². The largest absolute Gasteiger partial charge is 0.497 e. The van der Waals surface area contributed by atoms with Crippen LogP contribution in [-0.4, -0.2) is 24.9 Å². The van der Waals surface area contributed by atoms with E-state index in [-0.39, 0.29) is 30.1 Å². The molecule has 2 amide bonds. The van der Waals surface area contributed by atoms with Crippen LogP contribution in [0.5, 0.6) is 11.5 Å². The summed E-state index contributed by atoms with van der Waals surface area (Å²) in [5, 5.41) is 0. The third kappa shape index (κ3) is 3.95. The molecule has 2 aromatic carbocycles. The Labute approximate surface area is 175 Å². The normalized spacial score (nSPS) is 23.3. The zero-order chi connectivity index (χ0) is 21.3. The van der Waals surface area contributed by atoms with Gasteiger partial charge in [0.2, 0.25) is 11.8 Å². The van der Waals surface area contributed by atoms with Gasteiger partial charge in [-0.2, -0.15) is 0 Å². The van der Waals surface area contributed by atoms with Gasteiger partial charge in [0.05, 0.1) is 31.1 Å². The summed E-state index contributed by atoms with van der Waals surface area (Å²) in [6.07, 6.45) is 2.58. The molecular formula is C24H25NO5. The average Bonchev–Trinajstić information content (AvgIpc) is 2.98. The number of rotatable bonds is 5. The van der Waals surface area contributed by atoms with E-state index in [2.05, 4.69) is 6.92 Å². The molecule has 0 aromatic heterocycles. The first-order valence-corrected chi connectivity index (χ1v) is 10.3. The summed E-state index contributed by atoms with van der Waals surface area (Å²) in [7, 11) is 1.58. The molecule has 2 aromatic rings. The molecular weight excluding hydrogens is 382 g/mol. The van der Waals surface area contributed by atoms with Crippen LogP contribution < -0.4 is 14.4 Å². The lowest BCUT2D eigenvalue weighted by Gasteiger charge is -2.25. The molecule has 0 bridgehead atoms. The molecule has 6 heteroatoms. The van der Waals surface area contributed by atoms with Crippen molar-refractivity contribution in [2.24, 2.45) is 17.8 Å². The van der Waals surface area contributed by atoms with Crippen LogP contribution in [0.1, 0.15) is 31.7 Å². The van der Waals surface area contributed by atoms with Crippen molar-refractivity contribution in [3.63, 3.8) is 0 Å². The lowest BCUT2D eigenvalue weighted by atomic mass is 9.76. The van der Waals surface area contributed by atoms with Crippen molar-refractivity contribution in [2.45, 2.75) is 32.6 Å². The van der Waals surface area contributed by atoms with Crippen molar-refractivity contribution in [2.75, 3.05) is 12.0 Å². The molecule has 1 aliphatic carbocycles. The van der Waals surface area contributed by atoms with Gasteiger partial charge < -0.3 is 9.47 Å². The van der Waals surface area contributed by atoms with Gasteiger partial charge in [-0.05, 0) is 55.0 Å². The van der Waals surface area contributed by atoms with Crippen LogP contribution in [0.4, 0.5) is 5.69 Å². The summed E-state index contributed by atoms with van der Waals surface area (Å²) < 4.78 is 10.6. The zero-order valence-corrected chi connectivity index (χ0v) is 17.2.